The van der Waals surface area contributed by atoms with Crippen molar-refractivity contribution in [2.75, 3.05) is 25.9 Å². The van der Waals surface area contributed by atoms with Crippen LogP contribution in [0, 0.1) is 17.2 Å². The molecule has 1 saturated heterocycles. The average molecular weight is 334 g/mol. The second kappa shape index (κ2) is 6.26. The maximum atomic E-state index is 9.32. The molecule has 0 bridgehead atoms. The van der Waals surface area contributed by atoms with Gasteiger partial charge in [0, 0.05) is 30.4 Å². The van der Waals surface area contributed by atoms with Gasteiger partial charge in [0.15, 0.2) is 5.82 Å². The summed E-state index contributed by atoms with van der Waals surface area (Å²) in [6.45, 7) is 3.37. The number of nitriles is 1. The largest absolute Gasteiger partial charge is 0.381 e. The van der Waals surface area contributed by atoms with Crippen LogP contribution in [0.4, 0.5) is 5.82 Å². The summed E-state index contributed by atoms with van der Waals surface area (Å²) in [4.78, 5) is 2.41. The summed E-state index contributed by atoms with van der Waals surface area (Å²) in [7, 11) is 2.20. The Morgan fingerprint density at radius 1 is 1.40 bits per heavy atom. The van der Waals surface area contributed by atoms with E-state index in [1.165, 1.54) is 30.3 Å². The number of nitrogens with zero attached hydrogens (tertiary/aromatic N) is 4. The fraction of sp³-hybridized carbons (Fsp3) is 0.368. The van der Waals surface area contributed by atoms with Crippen LogP contribution in [0.25, 0.3) is 22.2 Å². The molecule has 1 aliphatic heterocycles. The predicted octanol–water partition coefficient (Wildman–Crippen LogP) is 2.83. The molecule has 3 heterocycles. The van der Waals surface area contributed by atoms with Crippen LogP contribution in [0.3, 0.4) is 0 Å². The van der Waals surface area contributed by atoms with Crippen LogP contribution in [-0.2, 0) is 6.54 Å². The van der Waals surface area contributed by atoms with Crippen LogP contribution in [0.2, 0.25) is 0 Å². The third kappa shape index (κ3) is 2.87. The molecule has 0 saturated carbocycles. The van der Waals surface area contributed by atoms with Gasteiger partial charge in [0.1, 0.15) is 11.6 Å². The van der Waals surface area contributed by atoms with E-state index in [1.54, 1.807) is 0 Å². The Labute approximate surface area is 146 Å². The zero-order valence-electron chi connectivity index (χ0n) is 14.4. The number of likely N-dealkylation sites (tertiary alicyclic amines) is 1. The molecule has 1 fully saturated rings. The lowest BCUT2D eigenvalue weighted by atomic mass is 9.98. The molecule has 25 heavy (non-hydrogen) atoms. The number of benzene rings is 1. The molecule has 4 rings (SSSR count). The summed E-state index contributed by atoms with van der Waals surface area (Å²) in [5.74, 6) is 0.925. The fourth-order valence-corrected chi connectivity index (χ4v) is 3.88. The van der Waals surface area contributed by atoms with E-state index in [1.807, 2.05) is 6.07 Å². The highest BCUT2D eigenvalue weighted by Crippen LogP contribution is 2.29. The van der Waals surface area contributed by atoms with Gasteiger partial charge in [0.2, 0.25) is 0 Å². The van der Waals surface area contributed by atoms with Crippen LogP contribution in [-0.4, -0.2) is 39.8 Å². The number of anilines is 1. The first-order valence-electron chi connectivity index (χ1n) is 8.67. The highest BCUT2D eigenvalue weighted by atomic mass is 15.2. The van der Waals surface area contributed by atoms with Crippen molar-refractivity contribution in [3.05, 3.63) is 36.0 Å². The minimum absolute atomic E-state index is 0.248. The van der Waals surface area contributed by atoms with Crippen LogP contribution >= 0.6 is 0 Å². The maximum absolute atomic E-state index is 9.32. The summed E-state index contributed by atoms with van der Waals surface area (Å²) in [6, 6.07) is 10.5. The van der Waals surface area contributed by atoms with Gasteiger partial charge in [0.05, 0.1) is 5.69 Å². The topological polar surface area (TPSA) is 86.7 Å². The number of rotatable bonds is 3. The average Bonchev–Trinajstić information content (AvgIpc) is 3.18. The number of hydrogen-bond acceptors (Lipinski definition) is 4. The highest BCUT2D eigenvalue weighted by Gasteiger charge is 2.19. The molecule has 6 heteroatoms. The quantitative estimate of drug-likeness (QED) is 0.771. The van der Waals surface area contributed by atoms with Gasteiger partial charge in [-0.1, -0.05) is 12.1 Å². The van der Waals surface area contributed by atoms with Crippen LogP contribution < -0.4 is 5.73 Å². The number of H-pyrrole nitrogens is 1. The fourth-order valence-electron chi connectivity index (χ4n) is 3.88. The number of fused-ring (bicyclic) bond motifs is 1. The molecular weight excluding hydrogens is 312 g/mol. The lowest BCUT2D eigenvalue weighted by Crippen LogP contribution is -2.33. The van der Waals surface area contributed by atoms with Gasteiger partial charge in [-0.25, -0.2) is 0 Å². The molecule has 1 atom stereocenters. The van der Waals surface area contributed by atoms with Crippen molar-refractivity contribution in [3.8, 4) is 17.3 Å². The van der Waals surface area contributed by atoms with Crippen molar-refractivity contribution in [3.63, 3.8) is 0 Å². The number of nitrogens with two attached hydrogens (primary N) is 1. The number of aromatic amines is 1. The second-order valence-electron chi connectivity index (χ2n) is 6.98. The van der Waals surface area contributed by atoms with Gasteiger partial charge in [-0.3, -0.25) is 5.10 Å². The second-order valence-corrected chi connectivity index (χ2v) is 6.98. The van der Waals surface area contributed by atoms with E-state index in [9.17, 15) is 5.26 Å². The SMILES string of the molecule is CN1CCC[C@H](Cn2ccc3ccc(-c4[nH]nc(N)c4C#N)cc32)C1. The molecule has 3 N–H and O–H groups in total. The summed E-state index contributed by atoms with van der Waals surface area (Å²) < 4.78 is 2.33. The molecule has 6 nitrogen and oxygen atoms in total. The van der Waals surface area contributed by atoms with E-state index in [-0.39, 0.29) is 5.82 Å². The Hall–Kier alpha value is -2.78. The van der Waals surface area contributed by atoms with E-state index in [2.05, 4.69) is 57.2 Å². The van der Waals surface area contributed by atoms with E-state index < -0.39 is 0 Å². The molecule has 2 aromatic heterocycles. The van der Waals surface area contributed by atoms with Gasteiger partial charge in [-0.05, 0) is 49.9 Å². The van der Waals surface area contributed by atoms with Gasteiger partial charge in [-0.15, -0.1) is 0 Å². The normalized spacial score (nSPS) is 18.5. The molecule has 0 aliphatic carbocycles. The van der Waals surface area contributed by atoms with E-state index in [0.717, 1.165) is 18.7 Å². The zero-order chi connectivity index (χ0) is 17.4. The van der Waals surface area contributed by atoms with Gasteiger partial charge in [-0.2, -0.15) is 10.4 Å². The number of hydrogen-bond donors (Lipinski definition) is 2. The number of nitrogens with one attached hydrogen (secondary N) is 1. The van der Waals surface area contributed by atoms with Gasteiger partial charge in [0.25, 0.3) is 0 Å². The maximum Gasteiger partial charge on any atom is 0.163 e. The molecule has 1 aromatic carbocycles. The Morgan fingerprint density at radius 3 is 3.08 bits per heavy atom. The lowest BCUT2D eigenvalue weighted by molar-refractivity contribution is 0.196. The third-order valence-corrected chi connectivity index (χ3v) is 5.15. The monoisotopic (exact) mass is 334 g/mol. The van der Waals surface area contributed by atoms with Crippen molar-refractivity contribution in [1.29, 1.82) is 5.26 Å². The van der Waals surface area contributed by atoms with Gasteiger partial charge >= 0.3 is 0 Å². The van der Waals surface area contributed by atoms with Crippen LogP contribution in [0.5, 0.6) is 0 Å². The smallest absolute Gasteiger partial charge is 0.163 e. The Morgan fingerprint density at radius 2 is 2.28 bits per heavy atom. The minimum atomic E-state index is 0.248. The standard InChI is InChI=1S/C19H22N6/c1-24-7-2-3-13(11-24)12-25-8-6-14-4-5-15(9-17(14)25)18-16(10-20)19(21)23-22-18/h4-6,8-9,13H,2-3,7,11-12H2,1H3,(H3,21,22,23)/t13-/m0/s1. The third-order valence-electron chi connectivity index (χ3n) is 5.15. The predicted molar refractivity (Wildman–Crippen MR) is 98.9 cm³/mol. The van der Waals surface area contributed by atoms with E-state index in [4.69, 9.17) is 5.73 Å². The zero-order valence-corrected chi connectivity index (χ0v) is 14.4. The number of aromatic nitrogens is 3. The molecule has 0 radical (unpaired) electrons. The molecule has 0 unspecified atom stereocenters. The number of nitrogen functional groups attached to an aromatic ring is 1. The van der Waals surface area contributed by atoms with Crippen molar-refractivity contribution in [1.82, 2.24) is 19.7 Å². The first-order chi connectivity index (χ1) is 12.2. The molecule has 1 aliphatic rings. The lowest BCUT2D eigenvalue weighted by Gasteiger charge is -2.30. The van der Waals surface area contributed by atoms with Crippen LogP contribution in [0.15, 0.2) is 30.5 Å². The molecule has 3 aromatic rings. The van der Waals surface area contributed by atoms with E-state index >= 15 is 0 Å². The van der Waals surface area contributed by atoms with Crippen molar-refractivity contribution >= 4 is 16.7 Å². The summed E-state index contributed by atoms with van der Waals surface area (Å²) >= 11 is 0. The molecule has 0 amide bonds. The molecular formula is C19H22N6. The van der Waals surface area contributed by atoms with Crippen molar-refractivity contribution in [2.24, 2.45) is 5.92 Å². The summed E-state index contributed by atoms with van der Waals surface area (Å²) in [5.41, 5.74) is 8.99. The minimum Gasteiger partial charge on any atom is -0.381 e. The Bertz CT molecular complexity index is 945. The van der Waals surface area contributed by atoms with Crippen LogP contribution in [0.1, 0.15) is 18.4 Å². The number of piperidine rings is 1. The summed E-state index contributed by atoms with van der Waals surface area (Å²) in [5, 5.41) is 17.4. The first kappa shape index (κ1) is 15.7. The highest BCUT2D eigenvalue weighted by molar-refractivity contribution is 5.86. The van der Waals surface area contributed by atoms with Crippen molar-refractivity contribution < 1.29 is 0 Å². The Balaban J connectivity index is 1.69. The van der Waals surface area contributed by atoms with E-state index in [0.29, 0.717) is 17.2 Å². The van der Waals surface area contributed by atoms with Crippen molar-refractivity contribution in [2.45, 2.75) is 19.4 Å². The summed E-state index contributed by atoms with van der Waals surface area (Å²) in [6.07, 6.45) is 4.71. The first-order valence-corrected chi connectivity index (χ1v) is 8.67. The molecule has 128 valence electrons. The Kier molecular flexibility index (Phi) is 3.94. The molecule has 0 spiro atoms. The van der Waals surface area contributed by atoms with Gasteiger partial charge < -0.3 is 15.2 Å².